The van der Waals surface area contributed by atoms with Gasteiger partial charge >= 0.3 is 24.4 Å². The zero-order valence-electron chi connectivity index (χ0n) is 18.4. The number of ether oxygens (including phenoxy) is 6. The Bertz CT molecular complexity index is 824. The van der Waals surface area contributed by atoms with E-state index in [-0.39, 0.29) is 17.9 Å². The van der Waals surface area contributed by atoms with Crippen molar-refractivity contribution in [3.8, 4) is 11.5 Å². The van der Waals surface area contributed by atoms with Gasteiger partial charge in [0.2, 0.25) is 0 Å². The summed E-state index contributed by atoms with van der Waals surface area (Å²) in [6, 6.07) is 2.56. The quantitative estimate of drug-likeness (QED) is 0.316. The van der Waals surface area contributed by atoms with Crippen LogP contribution < -0.4 is 15.2 Å². The van der Waals surface area contributed by atoms with E-state index < -0.39 is 48.6 Å². The number of carboxylic acids is 1. The fourth-order valence-corrected chi connectivity index (χ4v) is 2.63. The highest BCUT2D eigenvalue weighted by Gasteiger charge is 2.30. The molecule has 3 atom stereocenters. The molecule has 12 heteroatoms. The number of carbonyl (C=O) groups is 4. The lowest BCUT2D eigenvalue weighted by Gasteiger charge is -2.25. The fourth-order valence-electron chi connectivity index (χ4n) is 2.63. The second-order valence-corrected chi connectivity index (χ2v) is 6.87. The summed E-state index contributed by atoms with van der Waals surface area (Å²) in [5, 5.41) is 9.44. The van der Waals surface area contributed by atoms with Gasteiger partial charge in [0, 0.05) is 5.92 Å². The summed E-state index contributed by atoms with van der Waals surface area (Å²) < 4.78 is 28.8. The molecule has 12 nitrogen and oxygen atoms in total. The second-order valence-electron chi connectivity index (χ2n) is 6.87. The second kappa shape index (κ2) is 12.3. The molecular weight excluding hydrogens is 430 g/mol. The van der Waals surface area contributed by atoms with Crippen molar-refractivity contribution in [3.05, 3.63) is 23.8 Å². The molecule has 2 unspecified atom stereocenters. The Kier molecular flexibility index (Phi) is 10.2. The molecule has 0 bridgehead atoms. The Morgan fingerprint density at radius 2 is 1.47 bits per heavy atom. The van der Waals surface area contributed by atoms with Crippen molar-refractivity contribution < 1.29 is 52.7 Å². The highest BCUT2D eigenvalue weighted by Crippen LogP contribution is 2.35. The van der Waals surface area contributed by atoms with E-state index in [1.165, 1.54) is 18.2 Å². The van der Waals surface area contributed by atoms with Crippen molar-refractivity contribution in [1.29, 1.82) is 0 Å². The molecule has 0 fully saturated rings. The van der Waals surface area contributed by atoms with E-state index in [1.54, 1.807) is 20.8 Å². The predicted octanol–water partition coefficient (Wildman–Crippen LogP) is 2.81. The first-order valence-corrected chi connectivity index (χ1v) is 9.49. The Morgan fingerprint density at radius 1 is 0.906 bits per heavy atom. The molecule has 0 amide bonds. The molecule has 0 aliphatic heterocycles. The average Bonchev–Trinajstić information content (AvgIpc) is 2.71. The van der Waals surface area contributed by atoms with Crippen molar-refractivity contribution in [3.63, 3.8) is 0 Å². The highest BCUT2D eigenvalue weighted by atomic mass is 16.7. The van der Waals surface area contributed by atoms with Crippen molar-refractivity contribution in [2.45, 2.75) is 51.4 Å². The van der Waals surface area contributed by atoms with Crippen LogP contribution in [0.15, 0.2) is 18.2 Å². The van der Waals surface area contributed by atoms with Crippen LogP contribution in [0.3, 0.4) is 0 Å². The van der Waals surface area contributed by atoms with Gasteiger partial charge in [-0.25, -0.2) is 14.4 Å². The Labute approximate surface area is 184 Å². The standard InChI is InChI=1S/C20H27NO11/c1-10(2)29-20(26)30-11(3)8-13(16(21)17(22)23)12-6-7-14(31-18(24)27-4)15(9-12)32-19(25)28-5/h6-7,9-11,13,16H,8,21H2,1-5H3,(H,22,23)/t11?,13?,16-/m0/s1. The van der Waals surface area contributed by atoms with E-state index in [0.717, 1.165) is 14.2 Å². The molecule has 1 rings (SSSR count). The Morgan fingerprint density at radius 3 is 1.97 bits per heavy atom. The average molecular weight is 457 g/mol. The van der Waals surface area contributed by atoms with Gasteiger partial charge in [0.1, 0.15) is 12.1 Å². The minimum Gasteiger partial charge on any atom is -0.480 e. The van der Waals surface area contributed by atoms with Gasteiger partial charge in [-0.15, -0.1) is 0 Å². The number of nitrogens with two attached hydrogens (primary N) is 1. The topological polar surface area (TPSA) is 170 Å². The minimum absolute atomic E-state index is 0.00443. The van der Waals surface area contributed by atoms with Crippen molar-refractivity contribution in [2.75, 3.05) is 14.2 Å². The van der Waals surface area contributed by atoms with Crippen LogP contribution in [0.1, 0.15) is 38.7 Å². The number of aliphatic carboxylic acids is 1. The van der Waals surface area contributed by atoms with E-state index in [2.05, 4.69) is 9.47 Å². The van der Waals surface area contributed by atoms with Crippen molar-refractivity contribution in [2.24, 2.45) is 5.73 Å². The van der Waals surface area contributed by atoms with Crippen molar-refractivity contribution >= 4 is 24.4 Å². The van der Waals surface area contributed by atoms with Gasteiger partial charge in [-0.1, -0.05) is 6.07 Å². The van der Waals surface area contributed by atoms with Crippen molar-refractivity contribution in [1.82, 2.24) is 0 Å². The van der Waals surface area contributed by atoms with E-state index in [4.69, 9.17) is 24.7 Å². The molecule has 0 heterocycles. The molecule has 32 heavy (non-hydrogen) atoms. The van der Waals surface area contributed by atoms with Crippen LogP contribution in [0, 0.1) is 0 Å². The highest BCUT2D eigenvalue weighted by molar-refractivity contribution is 5.75. The molecular formula is C20H27NO11. The summed E-state index contributed by atoms with van der Waals surface area (Å²) in [5.74, 6) is -2.62. The summed E-state index contributed by atoms with van der Waals surface area (Å²) in [5.41, 5.74) is 6.17. The van der Waals surface area contributed by atoms with E-state index in [9.17, 15) is 24.3 Å². The lowest BCUT2D eigenvalue weighted by molar-refractivity contribution is -0.139. The van der Waals surface area contributed by atoms with Crippen LogP contribution in [0.25, 0.3) is 0 Å². The first-order valence-electron chi connectivity index (χ1n) is 9.49. The lowest BCUT2D eigenvalue weighted by atomic mass is 9.87. The first-order chi connectivity index (χ1) is 15.0. The zero-order valence-corrected chi connectivity index (χ0v) is 18.4. The van der Waals surface area contributed by atoms with Crippen LogP contribution in [-0.4, -0.2) is 62.0 Å². The SMILES string of the molecule is COC(=O)Oc1ccc(C(CC(C)OC(=O)OC(C)C)[C@H](N)C(=O)O)cc1OC(=O)OC. The van der Waals surface area contributed by atoms with Crippen LogP contribution in [0.4, 0.5) is 14.4 Å². The van der Waals surface area contributed by atoms with Gasteiger partial charge in [0.05, 0.1) is 20.3 Å². The number of benzene rings is 1. The fraction of sp³-hybridized carbons (Fsp3) is 0.500. The van der Waals surface area contributed by atoms with Gasteiger partial charge in [-0.2, -0.15) is 0 Å². The third kappa shape index (κ3) is 8.30. The lowest BCUT2D eigenvalue weighted by Crippen LogP contribution is -2.38. The number of hydrogen-bond donors (Lipinski definition) is 2. The first kappa shape index (κ1) is 26.5. The molecule has 0 aliphatic rings. The van der Waals surface area contributed by atoms with Gasteiger partial charge < -0.3 is 39.3 Å². The minimum atomic E-state index is -1.40. The molecule has 0 radical (unpaired) electrons. The maximum atomic E-state index is 11.7. The summed E-state index contributed by atoms with van der Waals surface area (Å²) in [7, 11) is 2.16. The third-order valence-corrected chi connectivity index (χ3v) is 4.05. The summed E-state index contributed by atoms with van der Waals surface area (Å²) in [6.45, 7) is 4.84. The number of methoxy groups -OCH3 is 2. The Balaban J connectivity index is 3.26. The largest absolute Gasteiger partial charge is 0.513 e. The number of rotatable bonds is 9. The predicted molar refractivity (Wildman–Crippen MR) is 108 cm³/mol. The molecule has 0 aromatic heterocycles. The van der Waals surface area contributed by atoms with Gasteiger partial charge in [0.15, 0.2) is 11.5 Å². The molecule has 178 valence electrons. The van der Waals surface area contributed by atoms with Crippen LogP contribution >= 0.6 is 0 Å². The van der Waals surface area contributed by atoms with Crippen LogP contribution in [0.2, 0.25) is 0 Å². The maximum absolute atomic E-state index is 11.7. The monoisotopic (exact) mass is 457 g/mol. The number of carbonyl (C=O) groups excluding carboxylic acids is 3. The Hall–Kier alpha value is -3.54. The molecule has 0 aliphatic carbocycles. The number of carboxylic acid groups (broad SMARTS) is 1. The summed E-state index contributed by atoms with van der Waals surface area (Å²) in [4.78, 5) is 46.4. The smallest absolute Gasteiger partial charge is 0.480 e. The van der Waals surface area contributed by atoms with Gasteiger partial charge in [0.25, 0.3) is 0 Å². The third-order valence-electron chi connectivity index (χ3n) is 4.05. The molecule has 1 aromatic rings. The number of hydrogen-bond acceptors (Lipinski definition) is 11. The molecule has 0 saturated carbocycles. The summed E-state index contributed by atoms with van der Waals surface area (Å²) >= 11 is 0. The van der Waals surface area contributed by atoms with E-state index in [1.807, 2.05) is 0 Å². The molecule has 1 aromatic carbocycles. The van der Waals surface area contributed by atoms with Gasteiger partial charge in [-0.05, 0) is 44.9 Å². The molecule has 0 saturated heterocycles. The molecule has 3 N–H and O–H groups in total. The summed E-state index contributed by atoms with van der Waals surface area (Å²) in [6.07, 6.45) is -4.26. The molecule has 0 spiro atoms. The van der Waals surface area contributed by atoms with E-state index in [0.29, 0.717) is 5.56 Å². The van der Waals surface area contributed by atoms with Crippen LogP contribution in [0.5, 0.6) is 11.5 Å². The maximum Gasteiger partial charge on any atom is 0.513 e. The van der Waals surface area contributed by atoms with Gasteiger partial charge in [-0.3, -0.25) is 4.79 Å². The van der Waals surface area contributed by atoms with Crippen LogP contribution in [-0.2, 0) is 23.7 Å². The van der Waals surface area contributed by atoms with E-state index >= 15 is 0 Å². The normalized spacial score (nSPS) is 13.3. The zero-order chi connectivity index (χ0) is 24.4.